The van der Waals surface area contributed by atoms with Crippen LogP contribution >= 0.6 is 0 Å². The van der Waals surface area contributed by atoms with Crippen LogP contribution in [0.3, 0.4) is 0 Å². The Morgan fingerprint density at radius 1 is 1.15 bits per heavy atom. The maximum absolute atomic E-state index is 12.4. The zero-order chi connectivity index (χ0) is 19.3. The second-order valence-electron chi connectivity index (χ2n) is 5.00. The molecule has 3 N–H and O–H groups in total. The van der Waals surface area contributed by atoms with Gasteiger partial charge in [-0.05, 0) is 49.4 Å². The number of carbonyl (C=O) groups is 1. The van der Waals surface area contributed by atoms with E-state index in [1.807, 2.05) is 0 Å². The van der Waals surface area contributed by atoms with Gasteiger partial charge in [0.15, 0.2) is 11.5 Å². The molecule has 0 saturated carbocycles. The minimum atomic E-state index is -3.83. The number of nitrogens with one attached hydrogen (secondary N) is 1. The number of primary sulfonamides is 1. The van der Waals surface area contributed by atoms with Crippen LogP contribution in [0.5, 0.6) is 11.5 Å². The van der Waals surface area contributed by atoms with Crippen LogP contribution in [0.15, 0.2) is 47.4 Å². The molecule has 0 bridgehead atoms. The molecular formula is C16H16F2N2O5S. The molecule has 2 aromatic carbocycles. The summed E-state index contributed by atoms with van der Waals surface area (Å²) in [6.45, 7) is -1.17. The van der Waals surface area contributed by atoms with Crippen molar-refractivity contribution in [3.05, 3.63) is 48.0 Å². The maximum atomic E-state index is 12.4. The Kier molecular flexibility index (Phi) is 6.11. The summed E-state index contributed by atoms with van der Waals surface area (Å²) < 4.78 is 56.8. The highest BCUT2D eigenvalue weighted by molar-refractivity contribution is 7.89. The Hall–Kier alpha value is -2.72. The van der Waals surface area contributed by atoms with Crippen molar-refractivity contribution >= 4 is 21.6 Å². The normalized spacial score (nSPS) is 11.3. The van der Waals surface area contributed by atoms with Gasteiger partial charge in [0.25, 0.3) is 5.91 Å². The first-order chi connectivity index (χ1) is 12.2. The summed E-state index contributed by atoms with van der Waals surface area (Å²) in [5, 5.41) is 7.55. The Balaban J connectivity index is 2.19. The first-order valence-electron chi connectivity index (χ1n) is 7.36. The molecule has 10 heteroatoms. The highest BCUT2D eigenvalue weighted by Crippen LogP contribution is 2.30. The molecule has 0 aliphatic heterocycles. The largest absolute Gasteiger partial charge is 0.490 e. The monoisotopic (exact) mass is 386 g/mol. The number of sulfonamides is 1. The van der Waals surface area contributed by atoms with Crippen molar-refractivity contribution < 1.29 is 31.5 Å². The number of hydrogen-bond acceptors (Lipinski definition) is 5. The van der Waals surface area contributed by atoms with Gasteiger partial charge in [-0.1, -0.05) is 0 Å². The number of anilines is 1. The zero-order valence-electron chi connectivity index (χ0n) is 13.6. The molecular weight excluding hydrogens is 370 g/mol. The van der Waals surface area contributed by atoms with E-state index < -0.39 is 22.5 Å². The summed E-state index contributed by atoms with van der Waals surface area (Å²) in [6, 6.07) is 9.01. The molecule has 0 aromatic heterocycles. The first-order valence-corrected chi connectivity index (χ1v) is 8.91. The summed E-state index contributed by atoms with van der Waals surface area (Å²) in [5.41, 5.74) is 0.471. The minimum Gasteiger partial charge on any atom is -0.490 e. The molecule has 0 spiro atoms. The third-order valence-electron chi connectivity index (χ3n) is 3.16. The van der Waals surface area contributed by atoms with Crippen LogP contribution in [0.1, 0.15) is 17.3 Å². The second kappa shape index (κ2) is 8.11. The SMILES string of the molecule is CCOc1cc(C(=O)Nc2ccc(S(N)(=O)=O)cc2)ccc1OC(F)F. The van der Waals surface area contributed by atoms with Gasteiger partial charge in [-0.25, -0.2) is 13.6 Å². The van der Waals surface area contributed by atoms with E-state index in [0.717, 1.165) is 0 Å². The van der Waals surface area contributed by atoms with Gasteiger partial charge in [-0.2, -0.15) is 8.78 Å². The summed E-state index contributed by atoms with van der Waals surface area (Å²) in [4.78, 5) is 12.2. The van der Waals surface area contributed by atoms with Crippen molar-refractivity contribution in [1.29, 1.82) is 0 Å². The smallest absolute Gasteiger partial charge is 0.387 e. The third kappa shape index (κ3) is 5.14. The molecule has 0 heterocycles. The van der Waals surface area contributed by atoms with Gasteiger partial charge >= 0.3 is 6.61 Å². The van der Waals surface area contributed by atoms with Crippen LogP contribution in [0.2, 0.25) is 0 Å². The van der Waals surface area contributed by atoms with Crippen LogP contribution in [-0.4, -0.2) is 27.5 Å². The van der Waals surface area contributed by atoms with E-state index in [0.29, 0.717) is 5.69 Å². The molecule has 2 rings (SSSR count). The van der Waals surface area contributed by atoms with E-state index in [1.54, 1.807) is 6.92 Å². The van der Waals surface area contributed by atoms with Crippen LogP contribution in [0, 0.1) is 0 Å². The van der Waals surface area contributed by atoms with Crippen molar-refractivity contribution in [2.45, 2.75) is 18.4 Å². The van der Waals surface area contributed by atoms with Crippen molar-refractivity contribution in [2.75, 3.05) is 11.9 Å². The number of ether oxygens (including phenoxy) is 2. The molecule has 140 valence electrons. The third-order valence-corrected chi connectivity index (χ3v) is 4.09. The molecule has 0 radical (unpaired) electrons. The fourth-order valence-corrected chi connectivity index (χ4v) is 2.56. The number of hydrogen-bond donors (Lipinski definition) is 2. The lowest BCUT2D eigenvalue weighted by Crippen LogP contribution is -2.14. The fourth-order valence-electron chi connectivity index (χ4n) is 2.04. The van der Waals surface area contributed by atoms with Crippen molar-refractivity contribution in [1.82, 2.24) is 0 Å². The lowest BCUT2D eigenvalue weighted by molar-refractivity contribution is -0.0514. The standard InChI is InChI=1S/C16H16F2N2O5S/c1-2-24-14-9-10(3-8-13(14)25-16(17)18)15(21)20-11-4-6-12(7-5-11)26(19,22)23/h3-9,16H,2H2,1H3,(H,20,21)(H2,19,22,23). The molecule has 0 saturated heterocycles. The van der Waals surface area contributed by atoms with Gasteiger partial charge in [0.1, 0.15) is 0 Å². The van der Waals surface area contributed by atoms with E-state index in [1.165, 1.54) is 42.5 Å². The molecule has 0 unspecified atom stereocenters. The fraction of sp³-hybridized carbons (Fsp3) is 0.188. The number of rotatable bonds is 7. The maximum Gasteiger partial charge on any atom is 0.387 e. The van der Waals surface area contributed by atoms with Crippen LogP contribution in [-0.2, 0) is 10.0 Å². The highest BCUT2D eigenvalue weighted by atomic mass is 32.2. The van der Waals surface area contributed by atoms with E-state index in [9.17, 15) is 22.0 Å². The number of amides is 1. The van der Waals surface area contributed by atoms with Gasteiger partial charge in [-0.3, -0.25) is 4.79 Å². The Morgan fingerprint density at radius 2 is 1.81 bits per heavy atom. The molecule has 2 aromatic rings. The van der Waals surface area contributed by atoms with Crippen LogP contribution < -0.4 is 19.9 Å². The zero-order valence-corrected chi connectivity index (χ0v) is 14.4. The number of halogens is 2. The molecule has 0 fully saturated rings. The van der Waals surface area contributed by atoms with Crippen LogP contribution in [0.25, 0.3) is 0 Å². The molecule has 1 amide bonds. The minimum absolute atomic E-state index is 0.00465. The van der Waals surface area contributed by atoms with Crippen LogP contribution in [0.4, 0.5) is 14.5 Å². The summed E-state index contributed by atoms with van der Waals surface area (Å²) >= 11 is 0. The predicted molar refractivity (Wildman–Crippen MR) is 90.0 cm³/mol. The molecule has 0 aliphatic carbocycles. The van der Waals surface area contributed by atoms with Gasteiger partial charge in [0.2, 0.25) is 10.0 Å². The van der Waals surface area contributed by atoms with Crippen molar-refractivity contribution in [2.24, 2.45) is 5.14 Å². The Bertz CT molecular complexity index is 886. The molecule has 0 atom stereocenters. The lowest BCUT2D eigenvalue weighted by Gasteiger charge is -2.13. The molecule has 26 heavy (non-hydrogen) atoms. The lowest BCUT2D eigenvalue weighted by atomic mass is 10.2. The van der Waals surface area contributed by atoms with Crippen molar-refractivity contribution in [3.63, 3.8) is 0 Å². The van der Waals surface area contributed by atoms with E-state index in [-0.39, 0.29) is 28.6 Å². The Labute approximate surface area is 148 Å². The van der Waals surface area contributed by atoms with E-state index >= 15 is 0 Å². The summed E-state index contributed by atoms with van der Waals surface area (Å²) in [5.74, 6) is -0.723. The second-order valence-corrected chi connectivity index (χ2v) is 6.56. The van der Waals surface area contributed by atoms with Gasteiger partial charge in [-0.15, -0.1) is 0 Å². The average molecular weight is 386 g/mol. The Morgan fingerprint density at radius 3 is 2.35 bits per heavy atom. The van der Waals surface area contributed by atoms with E-state index in [4.69, 9.17) is 9.88 Å². The van der Waals surface area contributed by atoms with E-state index in [2.05, 4.69) is 10.1 Å². The summed E-state index contributed by atoms with van der Waals surface area (Å²) in [6.07, 6.45) is 0. The number of benzene rings is 2. The first kappa shape index (κ1) is 19.6. The number of carbonyl (C=O) groups excluding carboxylic acids is 1. The molecule has 0 aliphatic rings. The van der Waals surface area contributed by atoms with Gasteiger partial charge in [0, 0.05) is 11.3 Å². The van der Waals surface area contributed by atoms with Gasteiger partial charge < -0.3 is 14.8 Å². The average Bonchev–Trinajstić information content (AvgIpc) is 2.56. The quantitative estimate of drug-likeness (QED) is 0.760. The number of alkyl halides is 2. The van der Waals surface area contributed by atoms with Crippen molar-refractivity contribution in [3.8, 4) is 11.5 Å². The highest BCUT2D eigenvalue weighted by Gasteiger charge is 2.15. The molecule has 7 nitrogen and oxygen atoms in total. The van der Waals surface area contributed by atoms with Gasteiger partial charge in [0.05, 0.1) is 11.5 Å². The number of nitrogens with two attached hydrogens (primary N) is 1. The topological polar surface area (TPSA) is 108 Å². The summed E-state index contributed by atoms with van der Waals surface area (Å²) in [7, 11) is -3.83. The predicted octanol–water partition coefficient (Wildman–Crippen LogP) is 2.59.